The Bertz CT molecular complexity index is 848. The van der Waals surface area contributed by atoms with E-state index in [0.717, 1.165) is 6.42 Å². The number of benzene rings is 2. The van der Waals surface area contributed by atoms with Gasteiger partial charge in [-0.25, -0.2) is 17.6 Å². The van der Waals surface area contributed by atoms with Gasteiger partial charge in [0, 0.05) is 43.4 Å². The van der Waals surface area contributed by atoms with Crippen LogP contribution in [0.5, 0.6) is 11.5 Å². The molecule has 9 heteroatoms. The monoisotopic (exact) mass is 383 g/mol. The minimum Gasteiger partial charge on any atom is -0.490 e. The molecule has 0 amide bonds. The SMILES string of the molecule is CN=C(NCc1c(F)c(F)cc(F)c1F)Nc1ccc2c(c1)OCCCO2. The van der Waals surface area contributed by atoms with Crippen LogP contribution in [0.1, 0.15) is 12.0 Å². The van der Waals surface area contributed by atoms with E-state index in [2.05, 4.69) is 15.6 Å². The number of anilines is 1. The standard InChI is InChI=1S/C18H17F4N3O2/c1-23-18(24-9-11-16(21)12(19)8-13(20)17(11)22)25-10-3-4-14-15(7-10)27-6-2-5-26-14/h3-4,7-8H,2,5-6,9H2,1H3,(H2,23,24,25). The Morgan fingerprint density at radius 3 is 2.33 bits per heavy atom. The average Bonchev–Trinajstić information content (AvgIpc) is 2.90. The van der Waals surface area contributed by atoms with Crippen LogP contribution in [0.15, 0.2) is 29.3 Å². The van der Waals surface area contributed by atoms with Crippen LogP contribution in [0.2, 0.25) is 0 Å². The second kappa shape index (κ2) is 8.15. The summed E-state index contributed by atoms with van der Waals surface area (Å²) >= 11 is 0. The fourth-order valence-corrected chi connectivity index (χ4v) is 2.51. The van der Waals surface area contributed by atoms with Gasteiger partial charge >= 0.3 is 0 Å². The summed E-state index contributed by atoms with van der Waals surface area (Å²) in [4.78, 5) is 3.92. The van der Waals surface area contributed by atoms with Crippen molar-refractivity contribution in [3.8, 4) is 11.5 Å². The summed E-state index contributed by atoms with van der Waals surface area (Å²) in [5.74, 6) is -4.52. The van der Waals surface area contributed by atoms with E-state index in [1.54, 1.807) is 18.2 Å². The van der Waals surface area contributed by atoms with E-state index in [4.69, 9.17) is 9.47 Å². The molecular weight excluding hydrogens is 366 g/mol. The highest BCUT2D eigenvalue weighted by Crippen LogP contribution is 2.32. The second-order valence-corrected chi connectivity index (χ2v) is 5.71. The molecule has 0 bridgehead atoms. The summed E-state index contributed by atoms with van der Waals surface area (Å²) in [6, 6.07) is 5.29. The lowest BCUT2D eigenvalue weighted by atomic mass is 10.2. The number of rotatable bonds is 3. The molecule has 0 saturated heterocycles. The van der Waals surface area contributed by atoms with Crippen molar-refractivity contribution in [3.63, 3.8) is 0 Å². The molecule has 0 fully saturated rings. The summed E-state index contributed by atoms with van der Waals surface area (Å²) in [5.41, 5.74) is -0.173. The van der Waals surface area contributed by atoms with Crippen LogP contribution in [0, 0.1) is 23.3 Å². The summed E-state index contributed by atoms with van der Waals surface area (Å²) in [6.45, 7) is 0.577. The molecule has 0 aliphatic carbocycles. The Morgan fingerprint density at radius 1 is 1.00 bits per heavy atom. The summed E-state index contributed by atoms with van der Waals surface area (Å²) < 4.78 is 65.2. The van der Waals surface area contributed by atoms with Crippen LogP contribution in [0.3, 0.4) is 0 Å². The number of ether oxygens (including phenoxy) is 2. The minimum atomic E-state index is -1.46. The lowest BCUT2D eigenvalue weighted by Crippen LogP contribution is -2.31. The third-order valence-corrected chi connectivity index (χ3v) is 3.87. The van der Waals surface area contributed by atoms with E-state index in [1.807, 2.05) is 0 Å². The van der Waals surface area contributed by atoms with E-state index >= 15 is 0 Å². The van der Waals surface area contributed by atoms with E-state index in [1.165, 1.54) is 7.05 Å². The predicted octanol–water partition coefficient (Wildman–Crippen LogP) is 3.59. The molecule has 2 aromatic rings. The molecule has 1 aliphatic rings. The zero-order chi connectivity index (χ0) is 19.4. The number of guanidine groups is 1. The Labute approximate surface area is 153 Å². The smallest absolute Gasteiger partial charge is 0.195 e. The fraction of sp³-hybridized carbons (Fsp3) is 0.278. The van der Waals surface area contributed by atoms with E-state index in [9.17, 15) is 17.6 Å². The van der Waals surface area contributed by atoms with Crippen LogP contribution in [-0.2, 0) is 6.54 Å². The molecular formula is C18H17F4N3O2. The lowest BCUT2D eigenvalue weighted by Gasteiger charge is -2.15. The van der Waals surface area contributed by atoms with Gasteiger partial charge in [-0.15, -0.1) is 0 Å². The van der Waals surface area contributed by atoms with Crippen molar-refractivity contribution in [2.75, 3.05) is 25.6 Å². The highest BCUT2D eigenvalue weighted by molar-refractivity contribution is 5.93. The van der Waals surface area contributed by atoms with Gasteiger partial charge in [-0.1, -0.05) is 0 Å². The number of hydrogen-bond donors (Lipinski definition) is 2. The van der Waals surface area contributed by atoms with Crippen LogP contribution < -0.4 is 20.1 Å². The van der Waals surface area contributed by atoms with Gasteiger partial charge < -0.3 is 20.1 Å². The van der Waals surface area contributed by atoms with Gasteiger partial charge in [-0.05, 0) is 12.1 Å². The molecule has 3 rings (SSSR count). The maximum Gasteiger partial charge on any atom is 0.195 e. The fourth-order valence-electron chi connectivity index (χ4n) is 2.51. The zero-order valence-electron chi connectivity index (χ0n) is 14.4. The van der Waals surface area contributed by atoms with Crippen molar-refractivity contribution in [1.82, 2.24) is 5.32 Å². The first kappa shape index (κ1) is 18.8. The summed E-state index contributed by atoms with van der Waals surface area (Å²) in [7, 11) is 1.44. The molecule has 0 unspecified atom stereocenters. The van der Waals surface area contributed by atoms with Crippen molar-refractivity contribution < 1.29 is 27.0 Å². The number of fused-ring (bicyclic) bond motifs is 1. The summed E-state index contributed by atoms with van der Waals surface area (Å²) in [5, 5.41) is 5.52. The molecule has 27 heavy (non-hydrogen) atoms. The maximum atomic E-state index is 13.7. The summed E-state index contributed by atoms with van der Waals surface area (Å²) in [6.07, 6.45) is 0.766. The quantitative estimate of drug-likeness (QED) is 0.368. The Morgan fingerprint density at radius 2 is 1.67 bits per heavy atom. The molecule has 5 nitrogen and oxygen atoms in total. The number of hydrogen-bond acceptors (Lipinski definition) is 3. The third-order valence-electron chi connectivity index (χ3n) is 3.87. The third kappa shape index (κ3) is 4.24. The van der Waals surface area contributed by atoms with Crippen molar-refractivity contribution >= 4 is 11.6 Å². The number of halogens is 4. The number of nitrogens with zero attached hydrogens (tertiary/aromatic N) is 1. The zero-order valence-corrected chi connectivity index (χ0v) is 14.4. The molecule has 1 heterocycles. The van der Waals surface area contributed by atoms with Gasteiger partial charge in [0.1, 0.15) is 0 Å². The van der Waals surface area contributed by atoms with Crippen LogP contribution in [0.25, 0.3) is 0 Å². The van der Waals surface area contributed by atoms with Crippen molar-refractivity contribution in [2.45, 2.75) is 13.0 Å². The second-order valence-electron chi connectivity index (χ2n) is 5.71. The van der Waals surface area contributed by atoms with Crippen LogP contribution in [-0.4, -0.2) is 26.2 Å². The van der Waals surface area contributed by atoms with Gasteiger partial charge in [0.15, 0.2) is 40.7 Å². The Kier molecular flexibility index (Phi) is 5.68. The number of aliphatic imine (C=N–C) groups is 1. The largest absolute Gasteiger partial charge is 0.490 e. The van der Waals surface area contributed by atoms with Crippen molar-refractivity contribution in [1.29, 1.82) is 0 Å². The van der Waals surface area contributed by atoms with Crippen molar-refractivity contribution in [2.24, 2.45) is 4.99 Å². The Hall–Kier alpha value is -2.97. The first-order chi connectivity index (χ1) is 13.0. The predicted molar refractivity (Wildman–Crippen MR) is 92.1 cm³/mol. The minimum absolute atomic E-state index is 0.146. The molecule has 0 spiro atoms. The molecule has 144 valence electrons. The van der Waals surface area contributed by atoms with E-state index in [-0.39, 0.29) is 12.0 Å². The maximum absolute atomic E-state index is 13.7. The van der Waals surface area contributed by atoms with Gasteiger partial charge in [-0.3, -0.25) is 4.99 Å². The highest BCUT2D eigenvalue weighted by Gasteiger charge is 2.19. The van der Waals surface area contributed by atoms with Crippen LogP contribution >= 0.6 is 0 Å². The Balaban J connectivity index is 1.72. The molecule has 0 aromatic heterocycles. The van der Waals surface area contributed by atoms with Gasteiger partial charge in [0.25, 0.3) is 0 Å². The van der Waals surface area contributed by atoms with Crippen molar-refractivity contribution in [3.05, 3.63) is 53.1 Å². The normalized spacial score (nSPS) is 13.9. The number of nitrogens with one attached hydrogen (secondary N) is 2. The van der Waals surface area contributed by atoms with E-state index in [0.29, 0.717) is 30.4 Å². The molecule has 1 aliphatic heterocycles. The first-order valence-electron chi connectivity index (χ1n) is 8.18. The van der Waals surface area contributed by atoms with Crippen LogP contribution in [0.4, 0.5) is 23.2 Å². The molecule has 0 saturated carbocycles. The molecule has 2 N–H and O–H groups in total. The average molecular weight is 383 g/mol. The topological polar surface area (TPSA) is 54.9 Å². The van der Waals surface area contributed by atoms with Gasteiger partial charge in [-0.2, -0.15) is 0 Å². The molecule has 0 radical (unpaired) electrons. The van der Waals surface area contributed by atoms with Gasteiger partial charge in [0.2, 0.25) is 0 Å². The first-order valence-corrected chi connectivity index (χ1v) is 8.18. The molecule has 2 aromatic carbocycles. The highest BCUT2D eigenvalue weighted by atomic mass is 19.2. The van der Waals surface area contributed by atoms with E-state index < -0.39 is 35.4 Å². The van der Waals surface area contributed by atoms with Gasteiger partial charge in [0.05, 0.1) is 13.2 Å². The molecule has 0 atom stereocenters. The lowest BCUT2D eigenvalue weighted by molar-refractivity contribution is 0.297.